The number of rotatable bonds is 0. The van der Waals surface area contributed by atoms with Crippen LogP contribution < -0.4 is 0 Å². The van der Waals surface area contributed by atoms with Gasteiger partial charge in [-0.1, -0.05) is 38.8 Å². The smallest absolute Gasteiger partial charge is 0.346 e. The van der Waals surface area contributed by atoms with Crippen LogP contribution in [0.15, 0.2) is 23.5 Å². The maximum Gasteiger partial charge on any atom is 0.346 e. The molecular formula is C20H26O4. The fourth-order valence-corrected chi connectivity index (χ4v) is 4.86. The van der Waals surface area contributed by atoms with Gasteiger partial charge in [-0.05, 0) is 38.0 Å². The molecule has 0 radical (unpaired) electrons. The number of carbonyl (C=O) groups excluding carboxylic acids is 2. The van der Waals surface area contributed by atoms with E-state index in [0.29, 0.717) is 18.1 Å². The molecule has 4 nitrogen and oxygen atoms in total. The van der Waals surface area contributed by atoms with Gasteiger partial charge in [0.1, 0.15) is 11.7 Å². The van der Waals surface area contributed by atoms with Crippen molar-refractivity contribution in [2.45, 2.75) is 76.9 Å². The quantitative estimate of drug-likeness (QED) is 0.384. The molecule has 0 aromatic carbocycles. The molecule has 0 amide bonds. The van der Waals surface area contributed by atoms with Crippen LogP contribution in [0.25, 0.3) is 0 Å². The van der Waals surface area contributed by atoms with Crippen LogP contribution >= 0.6 is 0 Å². The zero-order valence-electron chi connectivity index (χ0n) is 14.6. The third kappa shape index (κ3) is 2.04. The highest BCUT2D eigenvalue weighted by atomic mass is 16.6. The van der Waals surface area contributed by atoms with E-state index in [9.17, 15) is 9.59 Å². The van der Waals surface area contributed by atoms with E-state index in [1.54, 1.807) is 0 Å². The SMILES string of the molecule is C[C@H]1C[C@@]23OC(=O)C4=C2O[C@H](CCCCCC/C=C/[C@@]13C)CC4=O. The topological polar surface area (TPSA) is 52.6 Å². The average molecular weight is 330 g/mol. The fraction of sp³-hybridized carbons (Fsp3) is 0.700. The summed E-state index contributed by atoms with van der Waals surface area (Å²) in [4.78, 5) is 25.0. The molecule has 4 atom stereocenters. The van der Waals surface area contributed by atoms with Gasteiger partial charge in [0.2, 0.25) is 0 Å². The molecule has 0 aromatic heterocycles. The average Bonchev–Trinajstić information content (AvgIpc) is 2.84. The minimum atomic E-state index is -0.766. The Morgan fingerprint density at radius 3 is 2.75 bits per heavy atom. The van der Waals surface area contributed by atoms with Gasteiger partial charge in [0.05, 0.1) is 0 Å². The van der Waals surface area contributed by atoms with Crippen LogP contribution in [0.4, 0.5) is 0 Å². The van der Waals surface area contributed by atoms with Crippen molar-refractivity contribution < 1.29 is 19.1 Å². The number of carbonyl (C=O) groups is 2. The molecule has 4 aliphatic rings. The van der Waals surface area contributed by atoms with E-state index in [4.69, 9.17) is 9.47 Å². The monoisotopic (exact) mass is 330 g/mol. The first-order chi connectivity index (χ1) is 11.5. The summed E-state index contributed by atoms with van der Waals surface area (Å²) in [6.45, 7) is 4.32. The number of ketones is 1. The van der Waals surface area contributed by atoms with E-state index in [2.05, 4.69) is 26.0 Å². The van der Waals surface area contributed by atoms with Gasteiger partial charge < -0.3 is 9.47 Å². The van der Waals surface area contributed by atoms with E-state index in [-0.39, 0.29) is 22.9 Å². The van der Waals surface area contributed by atoms with Crippen molar-refractivity contribution in [3.8, 4) is 0 Å². The van der Waals surface area contributed by atoms with Crippen LogP contribution in [0.1, 0.15) is 65.2 Å². The molecule has 24 heavy (non-hydrogen) atoms. The summed E-state index contributed by atoms with van der Waals surface area (Å²) in [5.74, 6) is 0.354. The van der Waals surface area contributed by atoms with Gasteiger partial charge in [-0.2, -0.15) is 0 Å². The molecular weight excluding hydrogens is 304 g/mol. The molecule has 4 heteroatoms. The summed E-state index contributed by atoms with van der Waals surface area (Å²) < 4.78 is 12.1. The van der Waals surface area contributed by atoms with E-state index >= 15 is 0 Å². The summed E-state index contributed by atoms with van der Waals surface area (Å²) >= 11 is 0. The van der Waals surface area contributed by atoms with Crippen LogP contribution in [-0.4, -0.2) is 23.5 Å². The molecule has 1 aliphatic carbocycles. The Morgan fingerprint density at radius 1 is 1.17 bits per heavy atom. The molecule has 3 aliphatic heterocycles. The molecule has 0 unspecified atom stereocenters. The van der Waals surface area contributed by atoms with Gasteiger partial charge in [-0.25, -0.2) is 4.79 Å². The van der Waals surface area contributed by atoms with Crippen molar-refractivity contribution in [2.24, 2.45) is 11.3 Å². The standard InChI is InChI=1S/C20H26O4/c1-13-12-20-17-16(18(22)24-20)15(21)11-14(23-17)9-7-5-3-4-6-8-10-19(13,20)2/h8,10,13-14H,3-7,9,11-12H2,1-2H3/b10-8+/t13-,14+,19-,20+/m0/s1. The van der Waals surface area contributed by atoms with Gasteiger partial charge in [-0.15, -0.1) is 0 Å². The fourth-order valence-electron chi connectivity index (χ4n) is 4.86. The second-order valence-corrected chi connectivity index (χ2v) is 8.07. The van der Waals surface area contributed by atoms with Gasteiger partial charge in [0.25, 0.3) is 0 Å². The Labute approximate surface area is 143 Å². The zero-order chi connectivity index (χ0) is 16.9. The lowest BCUT2D eigenvalue weighted by Gasteiger charge is -2.58. The molecule has 1 saturated carbocycles. The number of Topliss-reactive ketones (excluding diaryl/α,β-unsaturated/α-hetero) is 1. The minimum absolute atomic E-state index is 0.0936. The van der Waals surface area contributed by atoms with Crippen LogP contribution in [0.5, 0.6) is 0 Å². The molecule has 130 valence electrons. The molecule has 0 aromatic rings. The number of esters is 1. The van der Waals surface area contributed by atoms with Crippen molar-refractivity contribution in [1.29, 1.82) is 0 Å². The normalized spacial score (nSPS) is 43.4. The number of fused-ring (bicyclic) bond motifs is 1. The second kappa shape index (κ2) is 5.47. The first kappa shape index (κ1) is 15.9. The van der Waals surface area contributed by atoms with E-state index in [1.807, 2.05) is 0 Å². The summed E-state index contributed by atoms with van der Waals surface area (Å²) in [7, 11) is 0. The Hall–Kier alpha value is -1.58. The van der Waals surface area contributed by atoms with Crippen molar-refractivity contribution in [2.75, 3.05) is 0 Å². The van der Waals surface area contributed by atoms with Crippen molar-refractivity contribution in [3.63, 3.8) is 0 Å². The highest BCUT2D eigenvalue weighted by Crippen LogP contribution is 2.64. The zero-order valence-corrected chi connectivity index (χ0v) is 14.6. The van der Waals surface area contributed by atoms with Crippen molar-refractivity contribution in [3.05, 3.63) is 23.5 Å². The minimum Gasteiger partial charge on any atom is -0.489 e. The van der Waals surface area contributed by atoms with E-state index < -0.39 is 11.6 Å². The van der Waals surface area contributed by atoms with Gasteiger partial charge in [-0.3, -0.25) is 4.79 Å². The summed E-state index contributed by atoms with van der Waals surface area (Å²) in [5.41, 5.74) is -0.874. The highest BCUT2D eigenvalue weighted by molar-refractivity contribution is 6.20. The third-order valence-electron chi connectivity index (χ3n) is 6.64. The molecule has 4 rings (SSSR count). The number of allylic oxidation sites excluding steroid dienone is 1. The summed E-state index contributed by atoms with van der Waals surface area (Å²) in [6.07, 6.45) is 12.0. The Morgan fingerprint density at radius 2 is 1.96 bits per heavy atom. The molecule has 1 fully saturated rings. The van der Waals surface area contributed by atoms with E-state index in [0.717, 1.165) is 25.7 Å². The molecule has 2 bridgehead atoms. The summed E-state index contributed by atoms with van der Waals surface area (Å²) in [5, 5.41) is 0. The molecule has 1 spiro atoms. The van der Waals surface area contributed by atoms with Gasteiger partial charge in [0, 0.05) is 11.8 Å². The Balaban J connectivity index is 1.78. The largest absolute Gasteiger partial charge is 0.489 e. The van der Waals surface area contributed by atoms with Crippen LogP contribution in [0, 0.1) is 11.3 Å². The summed E-state index contributed by atoms with van der Waals surface area (Å²) in [6, 6.07) is 0. The Bertz CT molecular complexity index is 646. The maximum atomic E-state index is 12.6. The van der Waals surface area contributed by atoms with Crippen LogP contribution in [0.2, 0.25) is 0 Å². The lowest BCUT2D eigenvalue weighted by Crippen LogP contribution is -2.62. The van der Waals surface area contributed by atoms with E-state index in [1.165, 1.54) is 19.3 Å². The van der Waals surface area contributed by atoms with Crippen LogP contribution in [-0.2, 0) is 19.1 Å². The van der Waals surface area contributed by atoms with Gasteiger partial charge >= 0.3 is 5.97 Å². The number of ether oxygens (including phenoxy) is 2. The predicted octanol–water partition coefficient (Wildman–Crippen LogP) is 3.85. The lowest BCUT2D eigenvalue weighted by molar-refractivity contribution is -0.198. The highest BCUT2D eigenvalue weighted by Gasteiger charge is 2.70. The number of hydrogen-bond acceptors (Lipinski definition) is 4. The molecule has 0 N–H and O–H groups in total. The molecule has 0 saturated heterocycles. The van der Waals surface area contributed by atoms with Gasteiger partial charge in [0.15, 0.2) is 17.1 Å². The van der Waals surface area contributed by atoms with Crippen molar-refractivity contribution in [1.82, 2.24) is 0 Å². The van der Waals surface area contributed by atoms with Crippen LogP contribution in [0.3, 0.4) is 0 Å². The lowest BCUT2D eigenvalue weighted by atomic mass is 9.50. The maximum absolute atomic E-state index is 12.6. The first-order valence-electron chi connectivity index (χ1n) is 9.33. The predicted molar refractivity (Wildman–Crippen MR) is 89.1 cm³/mol. The van der Waals surface area contributed by atoms with Crippen molar-refractivity contribution >= 4 is 11.8 Å². The Kier molecular flexibility index (Phi) is 3.63. The number of hydrogen-bond donors (Lipinski definition) is 0. The second-order valence-electron chi connectivity index (χ2n) is 8.07. The first-order valence-corrected chi connectivity index (χ1v) is 9.33. The third-order valence-corrected chi connectivity index (χ3v) is 6.64. The molecule has 3 heterocycles.